The quantitative estimate of drug-likeness (QED) is 0.312. The van der Waals surface area contributed by atoms with Crippen LogP contribution in [0.5, 0.6) is 0 Å². The first-order valence-corrected chi connectivity index (χ1v) is 10.5. The average molecular weight is 376 g/mol. The Balaban J connectivity index is 6.12. The molecule has 0 heterocycles. The number of nitrogens with zero attached hydrogens (tertiary/aromatic N) is 1. The van der Waals surface area contributed by atoms with Crippen LogP contribution in [-0.2, 0) is 0 Å². The Hall–Kier alpha value is -0.820. The number of allylic oxidation sites excluding steroid dienone is 3. The zero-order valence-electron chi connectivity index (χ0n) is 20.5. The smallest absolute Gasteiger partial charge is 0.0169 e. The van der Waals surface area contributed by atoms with Gasteiger partial charge in [0.2, 0.25) is 0 Å². The summed E-state index contributed by atoms with van der Waals surface area (Å²) in [6.45, 7) is 38.0. The van der Waals surface area contributed by atoms with Crippen LogP contribution in [0.3, 0.4) is 0 Å². The highest BCUT2D eigenvalue weighted by Crippen LogP contribution is 2.43. The molecule has 0 aromatic heterocycles. The van der Waals surface area contributed by atoms with Crippen LogP contribution >= 0.6 is 0 Å². The zero-order valence-corrected chi connectivity index (χ0v) is 20.5. The van der Waals surface area contributed by atoms with Gasteiger partial charge in [0.05, 0.1) is 0 Å². The molecule has 0 aliphatic carbocycles. The third-order valence-corrected chi connectivity index (χ3v) is 6.00. The maximum Gasteiger partial charge on any atom is 0.0169 e. The summed E-state index contributed by atoms with van der Waals surface area (Å²) in [6, 6.07) is 0.434. The SMILES string of the molecule is C=CC(C)(C)CC(C)N(C(C)(C)CC(C)(C)C=C)C(C)(C)CC(C)(C)C=C. The van der Waals surface area contributed by atoms with E-state index in [2.05, 4.69) is 119 Å². The molecule has 0 radical (unpaired) electrons. The summed E-state index contributed by atoms with van der Waals surface area (Å²) >= 11 is 0. The Morgan fingerprint density at radius 3 is 1.19 bits per heavy atom. The van der Waals surface area contributed by atoms with Gasteiger partial charge >= 0.3 is 0 Å². The number of hydrogen-bond donors (Lipinski definition) is 0. The highest BCUT2D eigenvalue weighted by atomic mass is 15.3. The highest BCUT2D eigenvalue weighted by Gasteiger charge is 2.45. The lowest BCUT2D eigenvalue weighted by Gasteiger charge is -2.56. The summed E-state index contributed by atoms with van der Waals surface area (Å²) in [4.78, 5) is 2.77. The van der Waals surface area contributed by atoms with Gasteiger partial charge in [-0.2, -0.15) is 0 Å². The van der Waals surface area contributed by atoms with Crippen molar-refractivity contribution in [2.45, 2.75) is 113 Å². The molecule has 1 atom stereocenters. The molecule has 0 aromatic rings. The molecule has 1 nitrogen and oxygen atoms in total. The molecule has 0 bridgehead atoms. The highest BCUT2D eigenvalue weighted by molar-refractivity contribution is 5.05. The van der Waals surface area contributed by atoms with Gasteiger partial charge in [-0.05, 0) is 70.1 Å². The Labute approximate surface area is 172 Å². The Morgan fingerprint density at radius 2 is 0.926 bits per heavy atom. The number of rotatable bonds is 12. The van der Waals surface area contributed by atoms with E-state index >= 15 is 0 Å². The van der Waals surface area contributed by atoms with Crippen molar-refractivity contribution in [3.63, 3.8) is 0 Å². The molecule has 1 unspecified atom stereocenters. The summed E-state index contributed by atoms with van der Waals surface area (Å²) < 4.78 is 0. The fourth-order valence-corrected chi connectivity index (χ4v) is 5.49. The van der Waals surface area contributed by atoms with Crippen LogP contribution in [0.1, 0.15) is 95.4 Å². The summed E-state index contributed by atoms with van der Waals surface area (Å²) in [6.07, 6.45) is 9.54. The van der Waals surface area contributed by atoms with Gasteiger partial charge in [-0.25, -0.2) is 0 Å². The van der Waals surface area contributed by atoms with Gasteiger partial charge in [0.1, 0.15) is 0 Å². The van der Waals surface area contributed by atoms with Crippen molar-refractivity contribution in [3.8, 4) is 0 Å². The average Bonchev–Trinajstić information content (AvgIpc) is 2.43. The lowest BCUT2D eigenvalue weighted by molar-refractivity contribution is -0.0565. The lowest BCUT2D eigenvalue weighted by atomic mass is 9.72. The minimum Gasteiger partial charge on any atom is -0.290 e. The van der Waals surface area contributed by atoms with E-state index in [1.165, 1.54) is 0 Å². The van der Waals surface area contributed by atoms with E-state index in [9.17, 15) is 0 Å². The van der Waals surface area contributed by atoms with Gasteiger partial charge in [-0.1, -0.05) is 59.8 Å². The summed E-state index contributed by atoms with van der Waals surface area (Å²) in [5.74, 6) is 0. The number of hydrogen-bond acceptors (Lipinski definition) is 1. The molecule has 0 saturated heterocycles. The van der Waals surface area contributed by atoms with Crippen molar-refractivity contribution in [3.05, 3.63) is 38.0 Å². The minimum atomic E-state index is 0.0368. The van der Waals surface area contributed by atoms with Crippen LogP contribution in [0.15, 0.2) is 38.0 Å². The van der Waals surface area contributed by atoms with Crippen molar-refractivity contribution in [2.75, 3.05) is 0 Å². The first kappa shape index (κ1) is 26.2. The molecule has 1 heteroatoms. The first-order chi connectivity index (χ1) is 11.8. The lowest BCUT2D eigenvalue weighted by Crippen LogP contribution is -2.61. The van der Waals surface area contributed by atoms with Gasteiger partial charge < -0.3 is 0 Å². The van der Waals surface area contributed by atoms with Crippen molar-refractivity contribution in [1.82, 2.24) is 4.90 Å². The van der Waals surface area contributed by atoms with E-state index in [1.54, 1.807) is 0 Å². The summed E-state index contributed by atoms with van der Waals surface area (Å²) in [7, 11) is 0. The van der Waals surface area contributed by atoms with E-state index in [0.29, 0.717) is 6.04 Å². The molecule has 0 aromatic carbocycles. The third-order valence-electron chi connectivity index (χ3n) is 6.00. The van der Waals surface area contributed by atoms with Crippen LogP contribution in [0, 0.1) is 16.2 Å². The van der Waals surface area contributed by atoms with Crippen molar-refractivity contribution < 1.29 is 0 Å². The molecule has 0 rings (SSSR count). The molecule has 27 heavy (non-hydrogen) atoms. The van der Waals surface area contributed by atoms with Crippen LogP contribution < -0.4 is 0 Å². The van der Waals surface area contributed by atoms with E-state index in [-0.39, 0.29) is 27.3 Å². The largest absolute Gasteiger partial charge is 0.290 e. The van der Waals surface area contributed by atoms with Crippen LogP contribution in [0.4, 0.5) is 0 Å². The topological polar surface area (TPSA) is 3.24 Å². The molecule has 0 aliphatic heterocycles. The van der Waals surface area contributed by atoms with E-state index in [1.807, 2.05) is 0 Å². The molecule has 0 spiro atoms. The Morgan fingerprint density at radius 1 is 0.630 bits per heavy atom. The molecular formula is C26H49N. The second-order valence-corrected chi connectivity index (χ2v) is 12.0. The predicted octanol–water partition coefficient (Wildman–Crippen LogP) is 8.04. The van der Waals surface area contributed by atoms with Gasteiger partial charge in [0.25, 0.3) is 0 Å². The molecule has 0 N–H and O–H groups in total. The molecule has 0 aliphatic rings. The molecular weight excluding hydrogens is 326 g/mol. The van der Waals surface area contributed by atoms with Gasteiger partial charge in [-0.15, -0.1) is 19.7 Å². The first-order valence-electron chi connectivity index (χ1n) is 10.5. The Bertz CT molecular complexity index is 482. The van der Waals surface area contributed by atoms with Gasteiger partial charge in [-0.3, -0.25) is 4.90 Å². The van der Waals surface area contributed by atoms with Crippen LogP contribution in [-0.4, -0.2) is 22.0 Å². The normalized spacial score (nSPS) is 15.6. The fourth-order valence-electron chi connectivity index (χ4n) is 5.49. The minimum absolute atomic E-state index is 0.0368. The second-order valence-electron chi connectivity index (χ2n) is 12.0. The Kier molecular flexibility index (Phi) is 8.42. The maximum atomic E-state index is 4.08. The predicted molar refractivity (Wildman–Crippen MR) is 125 cm³/mol. The van der Waals surface area contributed by atoms with E-state index in [4.69, 9.17) is 0 Å². The molecule has 0 amide bonds. The zero-order chi connectivity index (χ0) is 21.9. The second kappa shape index (κ2) is 8.68. The van der Waals surface area contributed by atoms with E-state index in [0.717, 1.165) is 19.3 Å². The monoisotopic (exact) mass is 375 g/mol. The maximum absolute atomic E-state index is 4.08. The van der Waals surface area contributed by atoms with E-state index < -0.39 is 0 Å². The van der Waals surface area contributed by atoms with Crippen LogP contribution in [0.2, 0.25) is 0 Å². The third kappa shape index (κ3) is 7.98. The fraction of sp³-hybridized carbons (Fsp3) is 0.769. The van der Waals surface area contributed by atoms with Gasteiger partial charge in [0.15, 0.2) is 0 Å². The molecule has 158 valence electrons. The molecule has 0 saturated carbocycles. The summed E-state index contributed by atoms with van der Waals surface area (Å²) in [5.41, 5.74) is 0.384. The van der Waals surface area contributed by atoms with Crippen LogP contribution in [0.25, 0.3) is 0 Å². The molecule has 0 fully saturated rings. The van der Waals surface area contributed by atoms with Crippen molar-refractivity contribution in [2.24, 2.45) is 16.2 Å². The van der Waals surface area contributed by atoms with Crippen molar-refractivity contribution in [1.29, 1.82) is 0 Å². The van der Waals surface area contributed by atoms with Gasteiger partial charge in [0, 0.05) is 17.1 Å². The summed E-state index contributed by atoms with van der Waals surface area (Å²) in [5, 5.41) is 0. The van der Waals surface area contributed by atoms with Crippen molar-refractivity contribution >= 4 is 0 Å². The standard InChI is InChI=1S/C26H49N/c1-15-22(5,6)18-21(4)27(25(11,12)19-23(7,8)16-2)26(13,14)20-24(9,10)17-3/h15-17,21H,1-3,18-20H2,4-14H3.